The number of nitrogens with zero attached hydrogens (tertiary/aromatic N) is 2. The summed E-state index contributed by atoms with van der Waals surface area (Å²) in [4.78, 5) is 11.1. The van der Waals surface area contributed by atoms with Gasteiger partial charge in [-0.25, -0.2) is 9.97 Å². The molecule has 0 aliphatic carbocycles. The number of nitrogens with one attached hydrogen (secondary N) is 1. The molecule has 0 spiro atoms. The first-order valence-corrected chi connectivity index (χ1v) is 3.58. The van der Waals surface area contributed by atoms with Gasteiger partial charge in [-0.05, 0) is 12.1 Å². The molecule has 0 radical (unpaired) electrons. The van der Waals surface area contributed by atoms with Crippen molar-refractivity contribution < 1.29 is 0 Å². The number of anilines is 1. The van der Waals surface area contributed by atoms with Crippen LogP contribution in [-0.2, 0) is 0 Å². The van der Waals surface area contributed by atoms with Crippen molar-refractivity contribution in [3.63, 3.8) is 0 Å². The molecular formula is C8H8N4. The van der Waals surface area contributed by atoms with E-state index < -0.39 is 0 Å². The van der Waals surface area contributed by atoms with Crippen LogP contribution in [0.1, 0.15) is 0 Å². The minimum Gasteiger partial charge on any atom is -0.384 e. The Morgan fingerprint density at radius 2 is 2.25 bits per heavy atom. The van der Waals surface area contributed by atoms with Gasteiger partial charge in [-0.3, -0.25) is 0 Å². The summed E-state index contributed by atoms with van der Waals surface area (Å²) in [5.74, 6) is 1.24. The Hall–Kier alpha value is -1.84. The molecule has 12 heavy (non-hydrogen) atoms. The zero-order valence-corrected chi connectivity index (χ0v) is 6.36. The van der Waals surface area contributed by atoms with E-state index in [1.54, 1.807) is 18.5 Å². The lowest BCUT2D eigenvalue weighted by Gasteiger charge is -1.95. The fourth-order valence-corrected chi connectivity index (χ4v) is 0.989. The lowest BCUT2D eigenvalue weighted by molar-refractivity contribution is 1.23. The Morgan fingerprint density at radius 1 is 1.33 bits per heavy atom. The van der Waals surface area contributed by atoms with E-state index in [1.165, 1.54) is 0 Å². The van der Waals surface area contributed by atoms with Gasteiger partial charge in [0.15, 0.2) is 5.82 Å². The van der Waals surface area contributed by atoms with Crippen LogP contribution in [0.15, 0.2) is 30.6 Å². The van der Waals surface area contributed by atoms with Gasteiger partial charge in [-0.1, -0.05) is 6.07 Å². The van der Waals surface area contributed by atoms with Crippen LogP contribution in [0.25, 0.3) is 11.5 Å². The average Bonchev–Trinajstić information content (AvgIpc) is 2.56. The number of H-pyrrole nitrogens is 1. The van der Waals surface area contributed by atoms with Gasteiger partial charge < -0.3 is 10.7 Å². The van der Waals surface area contributed by atoms with Crippen LogP contribution in [0.4, 0.5) is 5.82 Å². The molecule has 60 valence electrons. The summed E-state index contributed by atoms with van der Waals surface area (Å²) in [6.45, 7) is 0. The molecule has 0 saturated carbocycles. The van der Waals surface area contributed by atoms with Gasteiger partial charge in [0.2, 0.25) is 0 Å². The van der Waals surface area contributed by atoms with Gasteiger partial charge >= 0.3 is 0 Å². The summed E-state index contributed by atoms with van der Waals surface area (Å²) >= 11 is 0. The Balaban J connectivity index is 2.48. The fraction of sp³-hybridized carbons (Fsp3) is 0. The van der Waals surface area contributed by atoms with E-state index in [0.717, 1.165) is 11.5 Å². The average molecular weight is 160 g/mol. The minimum atomic E-state index is 0.504. The number of nitrogens with two attached hydrogens (primary N) is 1. The highest BCUT2D eigenvalue weighted by Gasteiger charge is 1.99. The molecule has 3 N–H and O–H groups in total. The first kappa shape index (κ1) is 6.84. The van der Waals surface area contributed by atoms with Crippen LogP contribution in [0, 0.1) is 0 Å². The molecule has 0 fully saturated rings. The van der Waals surface area contributed by atoms with Crippen molar-refractivity contribution in [1.29, 1.82) is 0 Å². The lowest BCUT2D eigenvalue weighted by atomic mass is 10.3. The van der Waals surface area contributed by atoms with E-state index in [4.69, 9.17) is 5.73 Å². The quantitative estimate of drug-likeness (QED) is 0.655. The molecule has 0 aliphatic heterocycles. The molecule has 2 aromatic rings. The SMILES string of the molecule is Nc1cccc(-c2ncc[nH]2)n1. The van der Waals surface area contributed by atoms with E-state index >= 15 is 0 Å². The summed E-state index contributed by atoms with van der Waals surface area (Å²) in [6, 6.07) is 5.45. The molecule has 0 bridgehead atoms. The van der Waals surface area contributed by atoms with Crippen LogP contribution >= 0.6 is 0 Å². The first-order chi connectivity index (χ1) is 5.86. The van der Waals surface area contributed by atoms with Crippen molar-refractivity contribution in [3.8, 4) is 11.5 Å². The maximum atomic E-state index is 5.51. The highest BCUT2D eigenvalue weighted by Crippen LogP contribution is 2.11. The Bertz CT molecular complexity index is 366. The van der Waals surface area contributed by atoms with E-state index in [9.17, 15) is 0 Å². The number of hydrogen-bond donors (Lipinski definition) is 2. The predicted octanol–water partition coefficient (Wildman–Crippen LogP) is 1.05. The maximum Gasteiger partial charge on any atom is 0.156 e. The third-order valence-electron chi connectivity index (χ3n) is 1.51. The molecule has 2 rings (SSSR count). The number of rotatable bonds is 1. The van der Waals surface area contributed by atoms with E-state index in [-0.39, 0.29) is 0 Å². The van der Waals surface area contributed by atoms with Crippen molar-refractivity contribution >= 4 is 5.82 Å². The van der Waals surface area contributed by atoms with Crippen molar-refractivity contribution in [2.45, 2.75) is 0 Å². The van der Waals surface area contributed by atoms with Crippen LogP contribution in [0.5, 0.6) is 0 Å². The molecule has 0 amide bonds. The van der Waals surface area contributed by atoms with Gasteiger partial charge in [0.25, 0.3) is 0 Å². The van der Waals surface area contributed by atoms with E-state index in [1.807, 2.05) is 12.1 Å². The second-order valence-corrected chi connectivity index (χ2v) is 2.39. The largest absolute Gasteiger partial charge is 0.384 e. The summed E-state index contributed by atoms with van der Waals surface area (Å²) in [6.07, 6.45) is 3.43. The zero-order valence-electron chi connectivity index (χ0n) is 6.36. The molecule has 0 atom stereocenters. The summed E-state index contributed by atoms with van der Waals surface area (Å²) in [5, 5.41) is 0. The number of hydrogen-bond acceptors (Lipinski definition) is 3. The zero-order chi connectivity index (χ0) is 8.39. The van der Waals surface area contributed by atoms with Crippen molar-refractivity contribution in [2.24, 2.45) is 0 Å². The molecule has 4 heteroatoms. The molecule has 0 unspecified atom stereocenters. The van der Waals surface area contributed by atoms with Gasteiger partial charge in [0.05, 0.1) is 0 Å². The summed E-state index contributed by atoms with van der Waals surface area (Å²) in [5.41, 5.74) is 6.28. The summed E-state index contributed by atoms with van der Waals surface area (Å²) < 4.78 is 0. The molecule has 0 saturated heterocycles. The molecule has 4 nitrogen and oxygen atoms in total. The minimum absolute atomic E-state index is 0.504. The Labute approximate surface area is 69.5 Å². The van der Waals surface area contributed by atoms with E-state index in [0.29, 0.717) is 5.82 Å². The van der Waals surface area contributed by atoms with Crippen LogP contribution < -0.4 is 5.73 Å². The first-order valence-electron chi connectivity index (χ1n) is 3.58. The summed E-state index contributed by atoms with van der Waals surface area (Å²) in [7, 11) is 0. The fourth-order valence-electron chi connectivity index (χ4n) is 0.989. The van der Waals surface area contributed by atoms with E-state index in [2.05, 4.69) is 15.0 Å². The number of imidazole rings is 1. The Kier molecular flexibility index (Phi) is 1.51. The predicted molar refractivity (Wildman–Crippen MR) is 46.2 cm³/mol. The second kappa shape index (κ2) is 2.65. The molecule has 0 aromatic carbocycles. The molecular weight excluding hydrogens is 152 g/mol. The topological polar surface area (TPSA) is 67.6 Å². The third kappa shape index (κ3) is 1.14. The highest BCUT2D eigenvalue weighted by atomic mass is 14.9. The smallest absolute Gasteiger partial charge is 0.156 e. The lowest BCUT2D eigenvalue weighted by Crippen LogP contribution is -1.91. The molecule has 0 aliphatic rings. The second-order valence-electron chi connectivity index (χ2n) is 2.39. The normalized spacial score (nSPS) is 10.0. The van der Waals surface area contributed by atoms with Crippen LogP contribution in [0.3, 0.4) is 0 Å². The van der Waals surface area contributed by atoms with Crippen molar-refractivity contribution in [3.05, 3.63) is 30.6 Å². The van der Waals surface area contributed by atoms with Crippen LogP contribution in [0.2, 0.25) is 0 Å². The molecule has 2 aromatic heterocycles. The maximum absolute atomic E-state index is 5.51. The number of nitrogen functional groups attached to an aromatic ring is 1. The number of pyridine rings is 1. The van der Waals surface area contributed by atoms with Gasteiger partial charge in [0.1, 0.15) is 11.5 Å². The van der Waals surface area contributed by atoms with Crippen molar-refractivity contribution in [2.75, 3.05) is 5.73 Å². The highest BCUT2D eigenvalue weighted by molar-refractivity contribution is 5.51. The monoisotopic (exact) mass is 160 g/mol. The van der Waals surface area contributed by atoms with Crippen LogP contribution in [-0.4, -0.2) is 15.0 Å². The Morgan fingerprint density at radius 3 is 2.92 bits per heavy atom. The van der Waals surface area contributed by atoms with Crippen molar-refractivity contribution in [1.82, 2.24) is 15.0 Å². The third-order valence-corrected chi connectivity index (χ3v) is 1.51. The van der Waals surface area contributed by atoms with Gasteiger partial charge in [0, 0.05) is 12.4 Å². The van der Waals surface area contributed by atoms with Gasteiger partial charge in [-0.2, -0.15) is 0 Å². The number of aromatic nitrogens is 3. The standard InChI is InChI=1S/C8H8N4/c9-7-3-1-2-6(12-7)8-10-4-5-11-8/h1-5H,(H2,9,12)(H,10,11). The number of aromatic amines is 1. The van der Waals surface area contributed by atoms with Gasteiger partial charge in [-0.15, -0.1) is 0 Å². The molecule has 2 heterocycles.